The van der Waals surface area contributed by atoms with E-state index in [9.17, 15) is 18.0 Å². The van der Waals surface area contributed by atoms with E-state index >= 15 is 0 Å². The van der Waals surface area contributed by atoms with Crippen molar-refractivity contribution in [1.82, 2.24) is 10.2 Å². The third-order valence-electron chi connectivity index (χ3n) is 5.46. The van der Waals surface area contributed by atoms with E-state index in [2.05, 4.69) is 5.32 Å². The number of sulfonamides is 1. The van der Waals surface area contributed by atoms with Crippen LogP contribution in [-0.4, -0.2) is 50.5 Å². The Morgan fingerprint density at radius 3 is 2.34 bits per heavy atom. The second-order valence-electron chi connectivity index (χ2n) is 8.26. The van der Waals surface area contributed by atoms with Crippen LogP contribution < -0.4 is 9.62 Å². The third-order valence-corrected chi connectivity index (χ3v) is 7.19. The molecule has 0 saturated heterocycles. The molecule has 0 unspecified atom stereocenters. The number of nitrogens with one attached hydrogen (secondary N) is 1. The summed E-state index contributed by atoms with van der Waals surface area (Å²) >= 11 is 12.3. The molecule has 0 saturated carbocycles. The molecule has 0 aliphatic heterocycles. The summed E-state index contributed by atoms with van der Waals surface area (Å²) in [6, 6.07) is 13.4. The van der Waals surface area contributed by atoms with Gasteiger partial charge in [0.05, 0.1) is 17.0 Å². The van der Waals surface area contributed by atoms with Gasteiger partial charge in [0.15, 0.2) is 0 Å². The molecule has 1 atom stereocenters. The van der Waals surface area contributed by atoms with Crippen molar-refractivity contribution < 1.29 is 18.0 Å². The molecule has 0 aromatic heterocycles. The molecule has 0 heterocycles. The standard InChI is InChI=1S/C25H33Cl2N3O4S/c1-4-15-28-25(32)22(5-2)29(18-19-10-7-6-8-11-19)24(31)12-9-16-30(35(3,33)34)23-17-20(26)13-14-21(23)27/h6-8,10-11,13-14,17,22H,4-5,9,12,15-16,18H2,1-3H3,(H,28,32)/t22-/m0/s1. The van der Waals surface area contributed by atoms with Gasteiger partial charge in [-0.15, -0.1) is 0 Å². The van der Waals surface area contributed by atoms with E-state index in [-0.39, 0.29) is 48.5 Å². The highest BCUT2D eigenvalue weighted by atomic mass is 35.5. The number of amides is 2. The molecule has 7 nitrogen and oxygen atoms in total. The van der Waals surface area contributed by atoms with Crippen LogP contribution in [0.5, 0.6) is 0 Å². The van der Waals surface area contributed by atoms with Crippen molar-refractivity contribution in [2.75, 3.05) is 23.7 Å². The summed E-state index contributed by atoms with van der Waals surface area (Å²) in [6.45, 7) is 4.70. The number of nitrogens with zero attached hydrogens (tertiary/aromatic N) is 2. The number of hydrogen-bond donors (Lipinski definition) is 1. The van der Waals surface area contributed by atoms with Crippen LogP contribution in [0.1, 0.15) is 45.1 Å². The first kappa shape index (κ1) is 28.9. The molecule has 0 aliphatic carbocycles. The Balaban J connectivity index is 2.21. The summed E-state index contributed by atoms with van der Waals surface area (Å²) in [6.07, 6.45) is 2.64. The SMILES string of the molecule is CCCNC(=O)[C@H](CC)N(Cc1ccccc1)C(=O)CCCN(c1cc(Cl)ccc1Cl)S(C)(=O)=O. The van der Waals surface area contributed by atoms with Crippen LogP contribution in [0.4, 0.5) is 5.69 Å². The van der Waals surface area contributed by atoms with E-state index in [4.69, 9.17) is 23.2 Å². The molecule has 0 radical (unpaired) electrons. The van der Waals surface area contributed by atoms with Gasteiger partial charge >= 0.3 is 0 Å². The van der Waals surface area contributed by atoms with Gasteiger partial charge in [0.1, 0.15) is 6.04 Å². The molecule has 2 aromatic carbocycles. The van der Waals surface area contributed by atoms with Crippen molar-refractivity contribution in [1.29, 1.82) is 0 Å². The molecule has 2 amide bonds. The molecule has 0 aliphatic rings. The van der Waals surface area contributed by atoms with E-state index in [1.165, 1.54) is 12.1 Å². The predicted molar refractivity (Wildman–Crippen MR) is 142 cm³/mol. The summed E-state index contributed by atoms with van der Waals surface area (Å²) in [5, 5.41) is 3.48. The molecule has 2 aromatic rings. The summed E-state index contributed by atoms with van der Waals surface area (Å²) in [7, 11) is -3.67. The van der Waals surface area contributed by atoms with Gasteiger partial charge in [0.25, 0.3) is 0 Å². The summed E-state index contributed by atoms with van der Waals surface area (Å²) in [5.74, 6) is -0.417. The van der Waals surface area contributed by atoms with Crippen LogP contribution in [0.15, 0.2) is 48.5 Å². The molecule has 0 bridgehead atoms. The monoisotopic (exact) mass is 541 g/mol. The number of hydrogen-bond acceptors (Lipinski definition) is 4. The van der Waals surface area contributed by atoms with Crippen molar-refractivity contribution >= 4 is 50.7 Å². The fourth-order valence-electron chi connectivity index (χ4n) is 3.72. The number of anilines is 1. The Morgan fingerprint density at radius 2 is 1.74 bits per heavy atom. The Bertz CT molecular complexity index is 1100. The number of benzene rings is 2. The van der Waals surface area contributed by atoms with Gasteiger partial charge in [0.2, 0.25) is 21.8 Å². The third kappa shape index (κ3) is 8.70. The van der Waals surface area contributed by atoms with Crippen molar-refractivity contribution in [3.05, 3.63) is 64.1 Å². The lowest BCUT2D eigenvalue weighted by Crippen LogP contribution is -2.49. The highest BCUT2D eigenvalue weighted by Crippen LogP contribution is 2.31. The van der Waals surface area contributed by atoms with E-state index in [0.29, 0.717) is 18.0 Å². The number of carbonyl (C=O) groups excluding carboxylic acids is 2. The van der Waals surface area contributed by atoms with Gasteiger partial charge in [-0.25, -0.2) is 8.42 Å². The van der Waals surface area contributed by atoms with E-state index in [1.807, 2.05) is 44.2 Å². The summed E-state index contributed by atoms with van der Waals surface area (Å²) in [5.41, 5.74) is 1.17. The maximum atomic E-state index is 13.3. The van der Waals surface area contributed by atoms with Crippen LogP contribution in [0.3, 0.4) is 0 Å². The lowest BCUT2D eigenvalue weighted by atomic mass is 10.1. The number of halogens is 2. The minimum absolute atomic E-state index is 0.0443. The lowest BCUT2D eigenvalue weighted by molar-refractivity contribution is -0.141. The smallest absolute Gasteiger partial charge is 0.242 e. The fraction of sp³-hybridized carbons (Fsp3) is 0.440. The van der Waals surface area contributed by atoms with Crippen LogP contribution in [0, 0.1) is 0 Å². The Morgan fingerprint density at radius 1 is 1.06 bits per heavy atom. The van der Waals surface area contributed by atoms with Gasteiger partial charge < -0.3 is 10.2 Å². The van der Waals surface area contributed by atoms with Crippen LogP contribution in [-0.2, 0) is 26.2 Å². The topological polar surface area (TPSA) is 86.8 Å². The van der Waals surface area contributed by atoms with Crippen molar-refractivity contribution in [2.45, 2.75) is 52.1 Å². The van der Waals surface area contributed by atoms with Crippen molar-refractivity contribution in [3.63, 3.8) is 0 Å². The number of rotatable bonds is 13. The zero-order valence-corrected chi connectivity index (χ0v) is 22.7. The second kappa shape index (κ2) is 13.7. The average Bonchev–Trinajstić information content (AvgIpc) is 2.81. The maximum Gasteiger partial charge on any atom is 0.242 e. The number of carbonyl (C=O) groups is 2. The highest BCUT2D eigenvalue weighted by molar-refractivity contribution is 7.92. The molecule has 192 valence electrons. The molecule has 10 heteroatoms. The average molecular weight is 543 g/mol. The van der Waals surface area contributed by atoms with Crippen molar-refractivity contribution in [2.24, 2.45) is 0 Å². The normalized spacial score (nSPS) is 12.1. The largest absolute Gasteiger partial charge is 0.354 e. The van der Waals surface area contributed by atoms with E-state index in [1.54, 1.807) is 11.0 Å². The van der Waals surface area contributed by atoms with E-state index in [0.717, 1.165) is 22.5 Å². The molecule has 35 heavy (non-hydrogen) atoms. The van der Waals surface area contributed by atoms with E-state index < -0.39 is 16.1 Å². The van der Waals surface area contributed by atoms with Gasteiger partial charge in [-0.3, -0.25) is 13.9 Å². The molecular formula is C25H33Cl2N3O4S. The Hall–Kier alpha value is -2.29. The minimum atomic E-state index is -3.67. The van der Waals surface area contributed by atoms with Crippen LogP contribution in [0.2, 0.25) is 10.0 Å². The first-order valence-electron chi connectivity index (χ1n) is 11.6. The zero-order valence-electron chi connectivity index (χ0n) is 20.3. The quantitative estimate of drug-likeness (QED) is 0.391. The minimum Gasteiger partial charge on any atom is -0.354 e. The first-order valence-corrected chi connectivity index (χ1v) is 14.2. The Kier molecular flexibility index (Phi) is 11.3. The molecule has 1 N–H and O–H groups in total. The van der Waals surface area contributed by atoms with Crippen molar-refractivity contribution in [3.8, 4) is 0 Å². The predicted octanol–water partition coefficient (Wildman–Crippen LogP) is 4.87. The molecule has 2 rings (SSSR count). The molecule has 0 fully saturated rings. The summed E-state index contributed by atoms with van der Waals surface area (Å²) < 4.78 is 26.1. The Labute approximate surface area is 218 Å². The molecule has 0 spiro atoms. The highest BCUT2D eigenvalue weighted by Gasteiger charge is 2.29. The van der Waals surface area contributed by atoms with Crippen LogP contribution in [0.25, 0.3) is 0 Å². The van der Waals surface area contributed by atoms with Crippen LogP contribution >= 0.6 is 23.2 Å². The zero-order chi connectivity index (χ0) is 26.0. The summed E-state index contributed by atoms with van der Waals surface area (Å²) in [4.78, 5) is 27.7. The lowest BCUT2D eigenvalue weighted by Gasteiger charge is -2.31. The maximum absolute atomic E-state index is 13.3. The first-order chi connectivity index (χ1) is 16.6. The second-order valence-corrected chi connectivity index (χ2v) is 11.0. The van der Waals surface area contributed by atoms with Gasteiger partial charge in [0, 0.05) is 31.1 Å². The van der Waals surface area contributed by atoms with Gasteiger partial charge in [-0.1, -0.05) is 67.4 Å². The fourth-order valence-corrected chi connectivity index (χ4v) is 5.13. The van der Waals surface area contributed by atoms with Gasteiger partial charge in [-0.2, -0.15) is 0 Å². The molecular weight excluding hydrogens is 509 g/mol. The van der Waals surface area contributed by atoms with Gasteiger partial charge in [-0.05, 0) is 43.0 Å².